The van der Waals surface area contributed by atoms with E-state index in [9.17, 15) is 4.79 Å². The van der Waals surface area contributed by atoms with Gasteiger partial charge in [0.05, 0.1) is 12.5 Å². The van der Waals surface area contributed by atoms with E-state index in [4.69, 9.17) is 4.74 Å². The molecule has 3 nitrogen and oxygen atoms in total. The van der Waals surface area contributed by atoms with Gasteiger partial charge in [0.1, 0.15) is 0 Å². The van der Waals surface area contributed by atoms with Gasteiger partial charge in [-0.15, -0.1) is 0 Å². The average Bonchev–Trinajstić information content (AvgIpc) is 2.52. The first kappa shape index (κ1) is 17.2. The van der Waals surface area contributed by atoms with Crippen LogP contribution in [0.4, 0.5) is 0 Å². The van der Waals surface area contributed by atoms with Crippen molar-refractivity contribution >= 4 is 5.97 Å². The fourth-order valence-electron chi connectivity index (χ4n) is 2.42. The van der Waals surface area contributed by atoms with Crippen molar-refractivity contribution < 1.29 is 9.53 Å². The lowest BCUT2D eigenvalue weighted by molar-refractivity contribution is -0.148. The van der Waals surface area contributed by atoms with Crippen LogP contribution in [0.15, 0.2) is 54.6 Å². The summed E-state index contributed by atoms with van der Waals surface area (Å²) in [5, 5.41) is 3.48. The number of carbonyl (C=O) groups excluding carboxylic acids is 1. The lowest BCUT2D eigenvalue weighted by atomic mass is 10.0. The summed E-state index contributed by atoms with van der Waals surface area (Å²) in [6.45, 7) is 6.52. The Bertz CT molecular complexity index is 605. The Labute approximate surface area is 138 Å². The third kappa shape index (κ3) is 5.87. The number of aryl methyl sites for hydroxylation is 1. The highest BCUT2D eigenvalue weighted by atomic mass is 16.5. The number of esters is 1. The molecule has 0 spiro atoms. The molecule has 0 saturated heterocycles. The van der Waals surface area contributed by atoms with Gasteiger partial charge in [-0.25, -0.2) is 0 Å². The molecule has 3 heteroatoms. The highest BCUT2D eigenvalue weighted by Crippen LogP contribution is 2.19. The molecule has 0 fully saturated rings. The maximum absolute atomic E-state index is 12.1. The van der Waals surface area contributed by atoms with Crippen LogP contribution in [0.1, 0.15) is 43.0 Å². The Morgan fingerprint density at radius 1 is 1.04 bits per heavy atom. The molecule has 2 rings (SSSR count). The zero-order chi connectivity index (χ0) is 16.7. The molecule has 23 heavy (non-hydrogen) atoms. The summed E-state index contributed by atoms with van der Waals surface area (Å²) in [4.78, 5) is 12.1. The van der Waals surface area contributed by atoms with Crippen molar-refractivity contribution in [3.8, 4) is 0 Å². The van der Waals surface area contributed by atoms with Gasteiger partial charge in [0.25, 0.3) is 0 Å². The minimum atomic E-state index is -0.175. The van der Waals surface area contributed by atoms with Gasteiger partial charge in [0, 0.05) is 12.6 Å². The highest BCUT2D eigenvalue weighted by molar-refractivity contribution is 5.70. The van der Waals surface area contributed by atoms with E-state index in [1.54, 1.807) is 0 Å². The molecule has 0 unspecified atom stereocenters. The largest absolute Gasteiger partial charge is 0.463 e. The molecule has 0 heterocycles. The van der Waals surface area contributed by atoms with Gasteiger partial charge in [0.15, 0.2) is 0 Å². The van der Waals surface area contributed by atoms with E-state index in [0.29, 0.717) is 13.0 Å². The minimum absolute atomic E-state index is 0.0537. The quantitative estimate of drug-likeness (QED) is 0.780. The van der Waals surface area contributed by atoms with Gasteiger partial charge in [-0.3, -0.25) is 4.79 Å². The van der Waals surface area contributed by atoms with E-state index in [1.807, 2.05) is 32.0 Å². The lowest BCUT2D eigenvalue weighted by Gasteiger charge is -2.20. The molecule has 122 valence electrons. The molecule has 0 amide bonds. The molecular formula is C20H25NO2. The zero-order valence-electron chi connectivity index (χ0n) is 14.1. The van der Waals surface area contributed by atoms with Gasteiger partial charge >= 0.3 is 5.97 Å². The van der Waals surface area contributed by atoms with Crippen molar-refractivity contribution in [1.29, 1.82) is 0 Å². The van der Waals surface area contributed by atoms with Gasteiger partial charge in [-0.2, -0.15) is 0 Å². The second-order valence-electron chi connectivity index (χ2n) is 6.07. The standard InChI is InChI=1S/C20H25NO2/c1-15(2)23-20(22)13-19(18-11-9-16(3)10-12-18)21-14-17-7-5-4-6-8-17/h4-12,15,19,21H,13-14H2,1-3H3/t19-/m0/s1. The fourth-order valence-corrected chi connectivity index (χ4v) is 2.42. The number of ether oxygens (including phenoxy) is 1. The van der Waals surface area contributed by atoms with Crippen molar-refractivity contribution in [3.05, 3.63) is 71.3 Å². The van der Waals surface area contributed by atoms with Crippen LogP contribution in [0.5, 0.6) is 0 Å². The highest BCUT2D eigenvalue weighted by Gasteiger charge is 2.17. The van der Waals surface area contributed by atoms with E-state index in [-0.39, 0.29) is 18.1 Å². The number of benzene rings is 2. The molecule has 1 atom stereocenters. The Balaban J connectivity index is 2.07. The first-order chi connectivity index (χ1) is 11.0. The first-order valence-electron chi connectivity index (χ1n) is 8.08. The van der Waals surface area contributed by atoms with E-state index >= 15 is 0 Å². The normalized spacial score (nSPS) is 12.2. The summed E-state index contributed by atoms with van der Waals surface area (Å²) in [7, 11) is 0. The predicted molar refractivity (Wildman–Crippen MR) is 93.0 cm³/mol. The topological polar surface area (TPSA) is 38.3 Å². The van der Waals surface area contributed by atoms with Gasteiger partial charge in [-0.05, 0) is 31.9 Å². The van der Waals surface area contributed by atoms with Gasteiger partial charge in [0.2, 0.25) is 0 Å². The van der Waals surface area contributed by atoms with E-state index in [1.165, 1.54) is 11.1 Å². The third-order valence-electron chi connectivity index (χ3n) is 3.61. The first-order valence-corrected chi connectivity index (χ1v) is 8.08. The SMILES string of the molecule is Cc1ccc([C@H](CC(=O)OC(C)C)NCc2ccccc2)cc1. The number of carbonyl (C=O) groups is 1. The summed E-state index contributed by atoms with van der Waals surface area (Å²) < 4.78 is 5.30. The summed E-state index contributed by atoms with van der Waals surface area (Å²) >= 11 is 0. The van der Waals surface area contributed by atoms with Crippen molar-refractivity contribution in [2.45, 2.75) is 45.9 Å². The van der Waals surface area contributed by atoms with Crippen LogP contribution < -0.4 is 5.32 Å². The van der Waals surface area contributed by atoms with Crippen molar-refractivity contribution in [1.82, 2.24) is 5.32 Å². The third-order valence-corrected chi connectivity index (χ3v) is 3.61. The van der Waals surface area contributed by atoms with Crippen LogP contribution in [0.2, 0.25) is 0 Å². The molecule has 0 aliphatic heterocycles. The van der Waals surface area contributed by atoms with E-state index in [0.717, 1.165) is 5.56 Å². The average molecular weight is 311 g/mol. The van der Waals surface area contributed by atoms with E-state index in [2.05, 4.69) is 48.6 Å². The molecule has 0 aliphatic rings. The molecule has 0 aliphatic carbocycles. The lowest BCUT2D eigenvalue weighted by Crippen LogP contribution is -2.25. The fraction of sp³-hybridized carbons (Fsp3) is 0.350. The summed E-state index contributed by atoms with van der Waals surface area (Å²) in [6.07, 6.45) is 0.240. The van der Waals surface area contributed by atoms with Crippen LogP contribution in [0, 0.1) is 6.92 Å². The zero-order valence-corrected chi connectivity index (χ0v) is 14.1. The molecule has 1 N–H and O–H groups in total. The van der Waals surface area contributed by atoms with Crippen LogP contribution in [0.3, 0.4) is 0 Å². The molecule has 0 radical (unpaired) electrons. The second kappa shape index (κ2) is 8.49. The van der Waals surface area contributed by atoms with Gasteiger partial charge in [-0.1, -0.05) is 60.2 Å². The molecule has 0 bridgehead atoms. The second-order valence-corrected chi connectivity index (χ2v) is 6.07. The van der Waals surface area contributed by atoms with Crippen LogP contribution in [-0.4, -0.2) is 12.1 Å². The molecule has 0 aromatic heterocycles. The predicted octanol–water partition coefficient (Wildman–Crippen LogP) is 4.17. The van der Waals surface area contributed by atoms with Crippen LogP contribution in [-0.2, 0) is 16.1 Å². The molecule has 2 aromatic rings. The molecular weight excluding hydrogens is 286 g/mol. The van der Waals surface area contributed by atoms with Crippen molar-refractivity contribution in [2.24, 2.45) is 0 Å². The van der Waals surface area contributed by atoms with Crippen molar-refractivity contribution in [3.63, 3.8) is 0 Å². The van der Waals surface area contributed by atoms with Crippen LogP contribution >= 0.6 is 0 Å². The smallest absolute Gasteiger partial charge is 0.307 e. The number of hydrogen-bond donors (Lipinski definition) is 1. The summed E-state index contributed by atoms with van der Waals surface area (Å²) in [5.41, 5.74) is 3.51. The number of hydrogen-bond acceptors (Lipinski definition) is 3. The van der Waals surface area contributed by atoms with Crippen LogP contribution in [0.25, 0.3) is 0 Å². The number of nitrogens with one attached hydrogen (secondary N) is 1. The summed E-state index contributed by atoms with van der Waals surface area (Å²) in [5.74, 6) is -0.175. The Hall–Kier alpha value is -2.13. The van der Waals surface area contributed by atoms with Crippen molar-refractivity contribution in [2.75, 3.05) is 0 Å². The Kier molecular flexibility index (Phi) is 6.36. The van der Waals surface area contributed by atoms with E-state index < -0.39 is 0 Å². The molecule has 2 aromatic carbocycles. The Morgan fingerprint density at radius 2 is 1.70 bits per heavy atom. The minimum Gasteiger partial charge on any atom is -0.463 e. The maximum atomic E-state index is 12.1. The van der Waals surface area contributed by atoms with Gasteiger partial charge < -0.3 is 10.1 Å². The monoisotopic (exact) mass is 311 g/mol. The maximum Gasteiger partial charge on any atom is 0.307 e. The Morgan fingerprint density at radius 3 is 2.30 bits per heavy atom. The summed E-state index contributed by atoms with van der Waals surface area (Å²) in [6, 6.07) is 18.4. The molecule has 0 saturated carbocycles. The number of rotatable bonds is 7.